The minimum Gasteiger partial charge on any atom is -0.480 e. The fourth-order valence-corrected chi connectivity index (χ4v) is 5.03. The number of fused-ring (bicyclic) bond motifs is 3. The van der Waals surface area contributed by atoms with Gasteiger partial charge in [0.2, 0.25) is 5.91 Å². The zero-order valence-electron chi connectivity index (χ0n) is 18.8. The molecule has 7 heteroatoms. The largest absolute Gasteiger partial charge is 0.480 e. The van der Waals surface area contributed by atoms with Gasteiger partial charge in [0.25, 0.3) is 0 Å². The van der Waals surface area contributed by atoms with Crippen LogP contribution in [-0.4, -0.2) is 41.8 Å². The van der Waals surface area contributed by atoms with Crippen molar-refractivity contribution in [1.29, 1.82) is 0 Å². The van der Waals surface area contributed by atoms with Crippen LogP contribution in [0.4, 0.5) is 4.79 Å². The van der Waals surface area contributed by atoms with Crippen LogP contribution in [0, 0.1) is 5.92 Å². The van der Waals surface area contributed by atoms with Gasteiger partial charge in [-0.2, -0.15) is 0 Å². The Labute approximate surface area is 193 Å². The molecule has 2 aliphatic carbocycles. The number of nitrogens with one attached hydrogen (secondary N) is 2. The van der Waals surface area contributed by atoms with Crippen molar-refractivity contribution < 1.29 is 24.2 Å². The highest BCUT2D eigenvalue weighted by Gasteiger charge is 2.32. The average molecular weight is 451 g/mol. The summed E-state index contributed by atoms with van der Waals surface area (Å²) in [6.07, 6.45) is 3.24. The van der Waals surface area contributed by atoms with Crippen LogP contribution in [0.3, 0.4) is 0 Å². The highest BCUT2D eigenvalue weighted by atomic mass is 16.5. The van der Waals surface area contributed by atoms with E-state index in [0.29, 0.717) is 0 Å². The van der Waals surface area contributed by atoms with Crippen molar-refractivity contribution in [3.63, 3.8) is 0 Å². The Bertz CT molecular complexity index is 991. The fourth-order valence-electron chi connectivity index (χ4n) is 5.03. The standard InChI is InChI=1S/C26H30N2O5/c1-16(25(30)31)27-24(29)14-17-8-2-7-13-23(17)28-26(32)33-15-22-20-11-5-3-9-18(20)19-10-4-6-12-21(19)22/h3-6,9-12,16-17,22-23H,2,7-8,13-15H2,1H3,(H,27,29)(H,28,32)(H,30,31)/t16-,17?,23?/m1/s1. The monoisotopic (exact) mass is 450 g/mol. The van der Waals surface area contributed by atoms with Crippen molar-refractivity contribution in [2.75, 3.05) is 6.61 Å². The number of aliphatic carboxylic acids is 1. The van der Waals surface area contributed by atoms with E-state index in [-0.39, 0.29) is 36.8 Å². The van der Waals surface area contributed by atoms with Crippen molar-refractivity contribution >= 4 is 18.0 Å². The highest BCUT2D eigenvalue weighted by molar-refractivity contribution is 5.83. The van der Waals surface area contributed by atoms with Crippen LogP contribution < -0.4 is 10.6 Å². The van der Waals surface area contributed by atoms with Crippen LogP contribution in [0.5, 0.6) is 0 Å². The van der Waals surface area contributed by atoms with Gasteiger partial charge < -0.3 is 20.5 Å². The van der Waals surface area contributed by atoms with Crippen molar-refractivity contribution in [3.8, 4) is 11.1 Å². The van der Waals surface area contributed by atoms with Gasteiger partial charge in [-0.1, -0.05) is 61.4 Å². The first kappa shape index (κ1) is 22.8. The van der Waals surface area contributed by atoms with Crippen molar-refractivity contribution in [1.82, 2.24) is 10.6 Å². The SMILES string of the molecule is C[C@@H](NC(=O)CC1CCCCC1NC(=O)OCC1c2ccccc2-c2ccccc21)C(=O)O. The van der Waals surface area contributed by atoms with Crippen LogP contribution in [0.15, 0.2) is 48.5 Å². The van der Waals surface area contributed by atoms with Gasteiger partial charge in [0.15, 0.2) is 0 Å². The molecular weight excluding hydrogens is 420 g/mol. The fraction of sp³-hybridized carbons (Fsp3) is 0.423. The molecule has 174 valence electrons. The lowest BCUT2D eigenvalue weighted by atomic mass is 9.82. The van der Waals surface area contributed by atoms with E-state index in [1.807, 2.05) is 24.3 Å². The second-order valence-electron chi connectivity index (χ2n) is 8.95. The van der Waals surface area contributed by atoms with E-state index in [9.17, 15) is 14.4 Å². The molecular formula is C26H30N2O5. The summed E-state index contributed by atoms with van der Waals surface area (Å²) in [6.45, 7) is 1.68. The normalized spacial score (nSPS) is 20.3. The lowest BCUT2D eigenvalue weighted by molar-refractivity contribution is -0.141. The Morgan fingerprint density at radius 2 is 1.61 bits per heavy atom. The lowest BCUT2D eigenvalue weighted by Gasteiger charge is -2.31. The second-order valence-corrected chi connectivity index (χ2v) is 8.95. The topological polar surface area (TPSA) is 105 Å². The number of alkyl carbamates (subject to hydrolysis) is 1. The maximum Gasteiger partial charge on any atom is 0.407 e. The van der Waals surface area contributed by atoms with E-state index in [1.54, 1.807) is 0 Å². The summed E-state index contributed by atoms with van der Waals surface area (Å²) in [5, 5.41) is 14.5. The van der Waals surface area contributed by atoms with Crippen molar-refractivity contribution in [2.24, 2.45) is 5.92 Å². The van der Waals surface area contributed by atoms with Gasteiger partial charge in [-0.15, -0.1) is 0 Å². The number of amides is 2. The predicted octanol–water partition coefficient (Wildman–Crippen LogP) is 4.06. The van der Waals surface area contributed by atoms with Gasteiger partial charge >= 0.3 is 12.1 Å². The number of benzene rings is 2. The molecule has 0 saturated heterocycles. The summed E-state index contributed by atoms with van der Waals surface area (Å²) in [6, 6.07) is 15.3. The minimum absolute atomic E-state index is 0.00594. The molecule has 7 nitrogen and oxygen atoms in total. The summed E-state index contributed by atoms with van der Waals surface area (Å²) in [5.41, 5.74) is 4.67. The number of carboxylic acids is 1. The molecule has 4 rings (SSSR count). The first-order valence-corrected chi connectivity index (χ1v) is 11.6. The van der Waals surface area contributed by atoms with Gasteiger partial charge in [0.1, 0.15) is 12.6 Å². The van der Waals surface area contributed by atoms with Crippen LogP contribution in [0.2, 0.25) is 0 Å². The van der Waals surface area contributed by atoms with Gasteiger partial charge in [-0.05, 0) is 47.9 Å². The number of rotatable bonds is 7. The molecule has 2 unspecified atom stereocenters. The average Bonchev–Trinajstić information content (AvgIpc) is 3.12. The summed E-state index contributed by atoms with van der Waals surface area (Å²) < 4.78 is 5.66. The third kappa shape index (κ3) is 5.18. The minimum atomic E-state index is -1.07. The number of carboxylic acid groups (broad SMARTS) is 1. The lowest BCUT2D eigenvalue weighted by Crippen LogP contribution is -2.45. The molecule has 0 heterocycles. The summed E-state index contributed by atoms with van der Waals surface area (Å²) in [4.78, 5) is 35.9. The predicted molar refractivity (Wildman–Crippen MR) is 124 cm³/mol. The quantitative estimate of drug-likeness (QED) is 0.590. The van der Waals surface area contributed by atoms with Gasteiger partial charge in [-0.3, -0.25) is 9.59 Å². The molecule has 3 N–H and O–H groups in total. The third-order valence-corrected chi connectivity index (χ3v) is 6.75. The third-order valence-electron chi connectivity index (χ3n) is 6.75. The van der Waals surface area contributed by atoms with Gasteiger partial charge in [-0.25, -0.2) is 4.79 Å². The first-order valence-electron chi connectivity index (χ1n) is 11.6. The summed E-state index contributed by atoms with van der Waals surface area (Å²) in [7, 11) is 0. The maximum atomic E-state index is 12.7. The molecule has 2 aliphatic rings. The maximum absolute atomic E-state index is 12.7. The molecule has 2 amide bonds. The van der Waals surface area contributed by atoms with E-state index in [0.717, 1.165) is 36.8 Å². The molecule has 3 atom stereocenters. The van der Waals surface area contributed by atoms with Crippen molar-refractivity contribution in [3.05, 3.63) is 59.7 Å². The second kappa shape index (κ2) is 10.1. The van der Waals surface area contributed by atoms with Crippen LogP contribution >= 0.6 is 0 Å². The zero-order chi connectivity index (χ0) is 23.4. The summed E-state index contributed by atoms with van der Waals surface area (Å²) >= 11 is 0. The van der Waals surface area contributed by atoms with E-state index >= 15 is 0 Å². The van der Waals surface area contributed by atoms with Crippen LogP contribution in [-0.2, 0) is 14.3 Å². The molecule has 2 aromatic rings. The Hall–Kier alpha value is -3.35. The van der Waals surface area contributed by atoms with E-state index in [4.69, 9.17) is 9.84 Å². The zero-order valence-corrected chi connectivity index (χ0v) is 18.8. The van der Waals surface area contributed by atoms with Gasteiger partial charge in [0.05, 0.1) is 0 Å². The Kier molecular flexibility index (Phi) is 6.96. The molecule has 33 heavy (non-hydrogen) atoms. The summed E-state index contributed by atoms with van der Waals surface area (Å²) in [5.74, 6) is -1.43. The number of carbonyl (C=O) groups excluding carboxylic acids is 2. The molecule has 0 radical (unpaired) electrons. The molecule has 1 saturated carbocycles. The smallest absolute Gasteiger partial charge is 0.407 e. The number of hydrogen-bond acceptors (Lipinski definition) is 4. The van der Waals surface area contributed by atoms with E-state index < -0.39 is 18.1 Å². The Balaban J connectivity index is 1.35. The van der Waals surface area contributed by atoms with Crippen LogP contribution in [0.25, 0.3) is 11.1 Å². The number of hydrogen-bond donors (Lipinski definition) is 3. The molecule has 0 bridgehead atoms. The van der Waals surface area contributed by atoms with Crippen LogP contribution in [0.1, 0.15) is 56.1 Å². The molecule has 1 fully saturated rings. The van der Waals surface area contributed by atoms with Crippen molar-refractivity contribution in [2.45, 2.75) is 57.0 Å². The number of carbonyl (C=O) groups is 3. The first-order chi connectivity index (χ1) is 15.9. The van der Waals surface area contributed by atoms with Gasteiger partial charge in [0, 0.05) is 18.4 Å². The van der Waals surface area contributed by atoms with E-state index in [1.165, 1.54) is 18.1 Å². The Morgan fingerprint density at radius 1 is 1.00 bits per heavy atom. The number of ether oxygens (including phenoxy) is 1. The van der Waals surface area contributed by atoms with E-state index in [2.05, 4.69) is 34.9 Å². The molecule has 0 spiro atoms. The highest BCUT2D eigenvalue weighted by Crippen LogP contribution is 2.44. The molecule has 0 aliphatic heterocycles. The molecule has 0 aromatic heterocycles. The molecule has 2 aromatic carbocycles. The Morgan fingerprint density at radius 3 is 2.24 bits per heavy atom.